The van der Waals surface area contributed by atoms with Gasteiger partial charge in [0.15, 0.2) is 0 Å². The molecule has 2 amide bonds. The summed E-state index contributed by atoms with van der Waals surface area (Å²) in [5.41, 5.74) is 4.07. The van der Waals surface area contributed by atoms with Crippen molar-refractivity contribution < 1.29 is 9.53 Å². The number of nitrogens with zero attached hydrogens (tertiary/aromatic N) is 4. The number of piperazine rings is 1. The Labute approximate surface area is 170 Å². The largest absolute Gasteiger partial charge is 0.497 e. The lowest BCUT2D eigenvalue weighted by atomic mass is 10.1. The molecule has 2 aromatic carbocycles. The fourth-order valence-corrected chi connectivity index (χ4v) is 3.55. The summed E-state index contributed by atoms with van der Waals surface area (Å²) in [6.07, 6.45) is 3.43. The molecule has 0 spiro atoms. The van der Waals surface area contributed by atoms with E-state index in [2.05, 4.69) is 32.3 Å². The van der Waals surface area contributed by atoms with Crippen molar-refractivity contribution in [2.75, 3.05) is 33.3 Å². The standard InChI is InChI=1S/C22H25N5O2/c1-29-19-4-2-3-17(13-19)15-25-22(28)27-11-9-26(10-12-27)16-18-5-6-20-21(14-18)24-8-7-23-20/h2-8,13-14H,9-12,15-16H2,1H3,(H,25,28). The first kappa shape index (κ1) is 19.1. The van der Waals surface area contributed by atoms with Crippen LogP contribution in [0.25, 0.3) is 11.0 Å². The molecule has 29 heavy (non-hydrogen) atoms. The number of ether oxygens (including phenoxy) is 1. The molecule has 1 fully saturated rings. The topological polar surface area (TPSA) is 70.6 Å². The van der Waals surface area contributed by atoms with Crippen LogP contribution in [0.1, 0.15) is 11.1 Å². The highest BCUT2D eigenvalue weighted by atomic mass is 16.5. The van der Waals surface area contributed by atoms with Gasteiger partial charge in [-0.05, 0) is 35.4 Å². The first-order valence-electron chi connectivity index (χ1n) is 9.79. The zero-order chi connectivity index (χ0) is 20.1. The van der Waals surface area contributed by atoms with Crippen molar-refractivity contribution in [2.45, 2.75) is 13.1 Å². The molecular formula is C22H25N5O2. The van der Waals surface area contributed by atoms with Gasteiger partial charge < -0.3 is 15.0 Å². The summed E-state index contributed by atoms with van der Waals surface area (Å²) in [5, 5.41) is 3.00. The Hall–Kier alpha value is -3.19. The number of aromatic nitrogens is 2. The van der Waals surface area contributed by atoms with Gasteiger partial charge in [-0.2, -0.15) is 0 Å². The number of urea groups is 1. The molecule has 7 nitrogen and oxygen atoms in total. The van der Waals surface area contributed by atoms with E-state index in [1.54, 1.807) is 19.5 Å². The second-order valence-electron chi connectivity index (χ2n) is 7.15. The van der Waals surface area contributed by atoms with E-state index in [4.69, 9.17) is 4.74 Å². The van der Waals surface area contributed by atoms with Crippen molar-refractivity contribution in [2.24, 2.45) is 0 Å². The molecule has 0 bridgehead atoms. The van der Waals surface area contributed by atoms with E-state index in [-0.39, 0.29) is 6.03 Å². The third-order valence-electron chi connectivity index (χ3n) is 5.18. The lowest BCUT2D eigenvalue weighted by molar-refractivity contribution is 0.135. The Morgan fingerprint density at radius 1 is 1.00 bits per heavy atom. The number of methoxy groups -OCH3 is 1. The van der Waals surface area contributed by atoms with Gasteiger partial charge in [-0.3, -0.25) is 14.9 Å². The molecule has 1 aliphatic heterocycles. The monoisotopic (exact) mass is 391 g/mol. The first-order valence-corrected chi connectivity index (χ1v) is 9.79. The Kier molecular flexibility index (Phi) is 5.86. The predicted molar refractivity (Wildman–Crippen MR) is 112 cm³/mol. The Balaban J connectivity index is 1.26. The fourth-order valence-electron chi connectivity index (χ4n) is 3.55. The molecule has 150 valence electrons. The Morgan fingerprint density at radius 3 is 2.59 bits per heavy atom. The molecule has 1 aromatic heterocycles. The van der Waals surface area contributed by atoms with Crippen molar-refractivity contribution in [3.8, 4) is 5.75 Å². The van der Waals surface area contributed by atoms with Crippen molar-refractivity contribution in [1.29, 1.82) is 0 Å². The molecule has 1 N–H and O–H groups in total. The minimum absolute atomic E-state index is 0.0200. The molecule has 4 rings (SSSR count). The van der Waals surface area contributed by atoms with E-state index in [0.29, 0.717) is 6.54 Å². The number of hydrogen-bond acceptors (Lipinski definition) is 5. The number of nitrogens with one attached hydrogen (secondary N) is 1. The highest BCUT2D eigenvalue weighted by molar-refractivity contribution is 5.75. The molecule has 0 unspecified atom stereocenters. The van der Waals surface area contributed by atoms with Gasteiger partial charge in [0.25, 0.3) is 0 Å². The number of fused-ring (bicyclic) bond motifs is 1. The van der Waals surface area contributed by atoms with Crippen LogP contribution in [0, 0.1) is 0 Å². The molecule has 1 saturated heterocycles. The van der Waals surface area contributed by atoms with E-state index >= 15 is 0 Å². The van der Waals surface area contributed by atoms with Crippen molar-refractivity contribution >= 4 is 17.1 Å². The normalized spacial score (nSPS) is 14.7. The molecular weight excluding hydrogens is 366 g/mol. The van der Waals surface area contributed by atoms with Gasteiger partial charge in [0.1, 0.15) is 5.75 Å². The van der Waals surface area contributed by atoms with E-state index < -0.39 is 0 Å². The van der Waals surface area contributed by atoms with Gasteiger partial charge in [-0.25, -0.2) is 4.79 Å². The number of benzene rings is 2. The molecule has 3 aromatic rings. The molecule has 0 saturated carbocycles. The maximum Gasteiger partial charge on any atom is 0.317 e. The van der Waals surface area contributed by atoms with Crippen LogP contribution in [0.5, 0.6) is 5.75 Å². The average Bonchev–Trinajstić information content (AvgIpc) is 2.78. The zero-order valence-electron chi connectivity index (χ0n) is 16.5. The number of carbonyl (C=O) groups excluding carboxylic acids is 1. The van der Waals surface area contributed by atoms with Gasteiger partial charge in [0, 0.05) is 51.7 Å². The number of rotatable bonds is 5. The summed E-state index contributed by atoms with van der Waals surface area (Å²) in [6, 6.07) is 13.9. The summed E-state index contributed by atoms with van der Waals surface area (Å²) < 4.78 is 5.23. The van der Waals surface area contributed by atoms with Crippen LogP contribution in [-0.2, 0) is 13.1 Å². The minimum atomic E-state index is -0.0200. The SMILES string of the molecule is COc1cccc(CNC(=O)N2CCN(Cc3ccc4nccnc4c3)CC2)c1. The van der Waals surface area contributed by atoms with E-state index in [1.165, 1.54) is 5.56 Å². The molecule has 0 radical (unpaired) electrons. The second-order valence-corrected chi connectivity index (χ2v) is 7.15. The summed E-state index contributed by atoms with van der Waals surface area (Å²) in [4.78, 5) is 25.4. The van der Waals surface area contributed by atoms with Gasteiger partial charge in [0.05, 0.1) is 18.1 Å². The molecule has 2 heterocycles. The summed E-state index contributed by atoms with van der Waals surface area (Å²) in [7, 11) is 1.64. The van der Waals surface area contributed by atoms with E-state index in [1.807, 2.05) is 35.2 Å². The Bertz CT molecular complexity index is 986. The van der Waals surface area contributed by atoms with Gasteiger partial charge in [-0.15, -0.1) is 0 Å². The lowest BCUT2D eigenvalue weighted by Crippen LogP contribution is -2.51. The van der Waals surface area contributed by atoms with Crippen LogP contribution >= 0.6 is 0 Å². The Morgan fingerprint density at radius 2 is 1.79 bits per heavy atom. The maximum absolute atomic E-state index is 12.5. The lowest BCUT2D eigenvalue weighted by Gasteiger charge is -2.34. The van der Waals surface area contributed by atoms with Crippen LogP contribution in [0.4, 0.5) is 4.79 Å². The van der Waals surface area contributed by atoms with Crippen LogP contribution < -0.4 is 10.1 Å². The molecule has 7 heteroatoms. The minimum Gasteiger partial charge on any atom is -0.497 e. The average molecular weight is 391 g/mol. The number of amides is 2. The molecule has 0 atom stereocenters. The zero-order valence-corrected chi connectivity index (χ0v) is 16.5. The van der Waals surface area contributed by atoms with Crippen LogP contribution in [0.15, 0.2) is 54.9 Å². The van der Waals surface area contributed by atoms with Crippen LogP contribution in [0.3, 0.4) is 0 Å². The van der Waals surface area contributed by atoms with E-state index in [9.17, 15) is 4.79 Å². The number of carbonyl (C=O) groups is 1. The smallest absolute Gasteiger partial charge is 0.317 e. The third-order valence-corrected chi connectivity index (χ3v) is 5.18. The molecule has 0 aliphatic carbocycles. The summed E-state index contributed by atoms with van der Waals surface area (Å²) in [6.45, 7) is 4.49. The van der Waals surface area contributed by atoms with Gasteiger partial charge >= 0.3 is 6.03 Å². The molecule has 1 aliphatic rings. The maximum atomic E-state index is 12.5. The summed E-state index contributed by atoms with van der Waals surface area (Å²) >= 11 is 0. The highest BCUT2D eigenvalue weighted by Crippen LogP contribution is 2.15. The van der Waals surface area contributed by atoms with Crippen LogP contribution in [0.2, 0.25) is 0 Å². The van der Waals surface area contributed by atoms with E-state index in [0.717, 1.165) is 55.1 Å². The van der Waals surface area contributed by atoms with Crippen molar-refractivity contribution in [3.63, 3.8) is 0 Å². The van der Waals surface area contributed by atoms with Crippen molar-refractivity contribution in [3.05, 3.63) is 66.0 Å². The predicted octanol–water partition coefficient (Wildman–Crippen LogP) is 2.67. The summed E-state index contributed by atoms with van der Waals surface area (Å²) in [5.74, 6) is 0.796. The van der Waals surface area contributed by atoms with Crippen LogP contribution in [-0.4, -0.2) is 59.1 Å². The van der Waals surface area contributed by atoms with Gasteiger partial charge in [-0.1, -0.05) is 18.2 Å². The fraction of sp³-hybridized carbons (Fsp3) is 0.318. The second kappa shape index (κ2) is 8.87. The highest BCUT2D eigenvalue weighted by Gasteiger charge is 2.21. The van der Waals surface area contributed by atoms with Crippen molar-refractivity contribution in [1.82, 2.24) is 25.1 Å². The number of hydrogen-bond donors (Lipinski definition) is 1. The third kappa shape index (κ3) is 4.81. The quantitative estimate of drug-likeness (QED) is 0.724. The first-order chi connectivity index (χ1) is 14.2. The van der Waals surface area contributed by atoms with Gasteiger partial charge in [0.2, 0.25) is 0 Å².